The predicted molar refractivity (Wildman–Crippen MR) is 73.8 cm³/mol. The molecule has 1 amide bonds. The van der Waals surface area contributed by atoms with Crippen LogP contribution in [0.1, 0.15) is 37.3 Å². The van der Waals surface area contributed by atoms with Gasteiger partial charge in [-0.3, -0.25) is 4.79 Å². The molecule has 0 saturated heterocycles. The maximum Gasteiger partial charge on any atom is 0.224 e. The Balaban J connectivity index is 2.62. The van der Waals surface area contributed by atoms with E-state index in [2.05, 4.69) is 18.3 Å². The molecular weight excluding hydrogens is 234 g/mol. The zero-order valence-corrected chi connectivity index (χ0v) is 11.3. The van der Waals surface area contributed by atoms with Gasteiger partial charge in [-0.25, -0.2) is 0 Å². The van der Waals surface area contributed by atoms with Crippen molar-refractivity contribution in [2.75, 3.05) is 11.2 Å². The topological polar surface area (TPSA) is 29.1 Å². The van der Waals surface area contributed by atoms with Crippen molar-refractivity contribution in [3.8, 4) is 0 Å². The predicted octanol–water partition coefficient (Wildman–Crippen LogP) is 3.91. The van der Waals surface area contributed by atoms with Gasteiger partial charge in [-0.05, 0) is 37.0 Å². The molecule has 0 radical (unpaired) electrons. The van der Waals surface area contributed by atoms with E-state index in [9.17, 15) is 4.79 Å². The molecule has 1 aromatic rings. The molecule has 1 aromatic carbocycles. The first kappa shape index (κ1) is 14.0. The number of amides is 1. The highest BCUT2D eigenvalue weighted by molar-refractivity contribution is 6.18. The van der Waals surface area contributed by atoms with Crippen LogP contribution in [0, 0.1) is 6.92 Å². The van der Waals surface area contributed by atoms with Crippen LogP contribution >= 0.6 is 11.6 Å². The van der Waals surface area contributed by atoms with Crippen molar-refractivity contribution in [2.45, 2.75) is 39.5 Å². The van der Waals surface area contributed by atoms with Crippen LogP contribution in [0.25, 0.3) is 0 Å². The first-order chi connectivity index (χ1) is 8.17. The minimum Gasteiger partial charge on any atom is -0.326 e. The standard InChI is InChI=1S/C14H20ClNO/c1-3-4-5-14(17)16-13-7-6-12(8-9-15)10-11(13)2/h6-7,10H,3-5,8-9H2,1-2H3,(H,16,17). The van der Waals surface area contributed by atoms with Gasteiger partial charge in [-0.1, -0.05) is 25.5 Å². The van der Waals surface area contributed by atoms with E-state index in [0.29, 0.717) is 12.3 Å². The lowest BCUT2D eigenvalue weighted by Crippen LogP contribution is -2.12. The molecule has 0 aromatic heterocycles. The van der Waals surface area contributed by atoms with Gasteiger partial charge in [0.05, 0.1) is 0 Å². The summed E-state index contributed by atoms with van der Waals surface area (Å²) >= 11 is 5.70. The van der Waals surface area contributed by atoms with Gasteiger partial charge >= 0.3 is 0 Å². The van der Waals surface area contributed by atoms with Crippen LogP contribution < -0.4 is 5.32 Å². The largest absolute Gasteiger partial charge is 0.326 e. The van der Waals surface area contributed by atoms with Crippen LogP contribution in [0.15, 0.2) is 18.2 Å². The number of carbonyl (C=O) groups is 1. The first-order valence-electron chi connectivity index (χ1n) is 6.12. The molecule has 94 valence electrons. The number of halogens is 1. The van der Waals surface area contributed by atoms with Crippen molar-refractivity contribution in [3.05, 3.63) is 29.3 Å². The molecule has 1 rings (SSSR count). The molecular formula is C14H20ClNO. The number of hydrogen-bond donors (Lipinski definition) is 1. The third kappa shape index (κ3) is 4.78. The molecule has 0 atom stereocenters. The van der Waals surface area contributed by atoms with Gasteiger partial charge in [-0.2, -0.15) is 0 Å². The van der Waals surface area contributed by atoms with E-state index in [1.165, 1.54) is 5.56 Å². The van der Waals surface area contributed by atoms with Crippen molar-refractivity contribution >= 4 is 23.2 Å². The number of unbranched alkanes of at least 4 members (excludes halogenated alkanes) is 1. The Hall–Kier alpha value is -1.02. The van der Waals surface area contributed by atoms with Gasteiger partial charge in [0.15, 0.2) is 0 Å². The molecule has 0 spiro atoms. The van der Waals surface area contributed by atoms with E-state index in [-0.39, 0.29) is 5.91 Å². The van der Waals surface area contributed by atoms with Crippen LogP contribution in [-0.2, 0) is 11.2 Å². The number of carbonyl (C=O) groups excluding carboxylic acids is 1. The number of hydrogen-bond acceptors (Lipinski definition) is 1. The Morgan fingerprint density at radius 2 is 2.18 bits per heavy atom. The summed E-state index contributed by atoms with van der Waals surface area (Å²) in [5.74, 6) is 0.724. The van der Waals surface area contributed by atoms with Gasteiger partial charge < -0.3 is 5.32 Å². The lowest BCUT2D eigenvalue weighted by atomic mass is 10.1. The second-order valence-electron chi connectivity index (χ2n) is 4.24. The van der Waals surface area contributed by atoms with Crippen LogP contribution in [0.2, 0.25) is 0 Å². The Morgan fingerprint density at radius 3 is 2.76 bits per heavy atom. The zero-order chi connectivity index (χ0) is 12.7. The number of alkyl halides is 1. The minimum atomic E-state index is 0.0973. The fourth-order valence-electron chi connectivity index (χ4n) is 1.68. The minimum absolute atomic E-state index is 0.0973. The number of rotatable bonds is 6. The zero-order valence-electron chi connectivity index (χ0n) is 10.6. The van der Waals surface area contributed by atoms with E-state index in [1.54, 1.807) is 0 Å². The van der Waals surface area contributed by atoms with Crippen molar-refractivity contribution < 1.29 is 4.79 Å². The molecule has 0 aliphatic heterocycles. The van der Waals surface area contributed by atoms with Crippen LogP contribution in [-0.4, -0.2) is 11.8 Å². The molecule has 0 aliphatic carbocycles. The fraction of sp³-hybridized carbons (Fsp3) is 0.500. The summed E-state index contributed by atoms with van der Waals surface area (Å²) in [6, 6.07) is 6.06. The van der Waals surface area contributed by atoms with Gasteiger partial charge in [0.1, 0.15) is 0 Å². The van der Waals surface area contributed by atoms with E-state index in [4.69, 9.17) is 11.6 Å². The van der Waals surface area contributed by atoms with Gasteiger partial charge in [-0.15, -0.1) is 11.6 Å². The van der Waals surface area contributed by atoms with Crippen molar-refractivity contribution in [1.82, 2.24) is 0 Å². The Kier molecular flexibility index (Phi) is 6.06. The van der Waals surface area contributed by atoms with Gasteiger partial charge in [0.25, 0.3) is 0 Å². The number of benzene rings is 1. The smallest absolute Gasteiger partial charge is 0.224 e. The molecule has 0 heterocycles. The molecule has 2 nitrogen and oxygen atoms in total. The van der Waals surface area contributed by atoms with E-state index >= 15 is 0 Å². The summed E-state index contributed by atoms with van der Waals surface area (Å²) < 4.78 is 0. The fourth-order valence-corrected chi connectivity index (χ4v) is 1.90. The molecule has 0 unspecified atom stereocenters. The maximum absolute atomic E-state index is 11.6. The normalized spacial score (nSPS) is 10.3. The second kappa shape index (κ2) is 7.33. The Morgan fingerprint density at radius 1 is 1.41 bits per heavy atom. The number of nitrogens with one attached hydrogen (secondary N) is 1. The Labute approximate surface area is 108 Å². The van der Waals surface area contributed by atoms with Crippen molar-refractivity contribution in [1.29, 1.82) is 0 Å². The second-order valence-corrected chi connectivity index (χ2v) is 4.62. The average molecular weight is 254 g/mol. The molecule has 0 aliphatic rings. The van der Waals surface area contributed by atoms with E-state index in [0.717, 1.165) is 30.5 Å². The monoisotopic (exact) mass is 253 g/mol. The molecule has 0 bridgehead atoms. The third-order valence-corrected chi connectivity index (χ3v) is 2.89. The summed E-state index contributed by atoms with van der Waals surface area (Å²) in [7, 11) is 0. The lowest BCUT2D eigenvalue weighted by Gasteiger charge is -2.09. The molecule has 1 N–H and O–H groups in total. The van der Waals surface area contributed by atoms with E-state index < -0.39 is 0 Å². The summed E-state index contributed by atoms with van der Waals surface area (Å²) in [4.78, 5) is 11.6. The molecule has 3 heteroatoms. The van der Waals surface area contributed by atoms with Crippen molar-refractivity contribution in [3.63, 3.8) is 0 Å². The lowest BCUT2D eigenvalue weighted by molar-refractivity contribution is -0.116. The van der Waals surface area contributed by atoms with Crippen LogP contribution in [0.3, 0.4) is 0 Å². The summed E-state index contributed by atoms with van der Waals surface area (Å²) in [5.41, 5.74) is 3.21. The van der Waals surface area contributed by atoms with Crippen LogP contribution in [0.4, 0.5) is 5.69 Å². The summed E-state index contributed by atoms with van der Waals surface area (Å²) in [5, 5.41) is 2.94. The number of aryl methyl sites for hydroxylation is 2. The molecule has 0 fully saturated rings. The number of anilines is 1. The third-order valence-electron chi connectivity index (χ3n) is 2.71. The summed E-state index contributed by atoms with van der Waals surface area (Å²) in [6.45, 7) is 4.09. The molecule has 17 heavy (non-hydrogen) atoms. The highest BCUT2D eigenvalue weighted by Crippen LogP contribution is 2.17. The molecule has 0 saturated carbocycles. The van der Waals surface area contributed by atoms with E-state index in [1.807, 2.05) is 19.1 Å². The van der Waals surface area contributed by atoms with Crippen molar-refractivity contribution in [2.24, 2.45) is 0 Å². The van der Waals surface area contributed by atoms with Crippen LogP contribution in [0.5, 0.6) is 0 Å². The highest BCUT2D eigenvalue weighted by atomic mass is 35.5. The highest BCUT2D eigenvalue weighted by Gasteiger charge is 2.04. The summed E-state index contributed by atoms with van der Waals surface area (Å²) in [6.07, 6.45) is 3.45. The quantitative estimate of drug-likeness (QED) is 0.766. The van der Waals surface area contributed by atoms with Gasteiger partial charge in [0, 0.05) is 18.0 Å². The average Bonchev–Trinajstić information content (AvgIpc) is 2.30. The SMILES string of the molecule is CCCCC(=O)Nc1ccc(CCCl)cc1C. The first-order valence-corrected chi connectivity index (χ1v) is 6.66. The van der Waals surface area contributed by atoms with Gasteiger partial charge in [0.2, 0.25) is 5.91 Å². The maximum atomic E-state index is 11.6. The Bertz CT molecular complexity index is 376.